The summed E-state index contributed by atoms with van der Waals surface area (Å²) in [5.74, 6) is -0.503. The van der Waals surface area contributed by atoms with Crippen LogP contribution in [0.2, 0.25) is 0 Å². The maximum Gasteiger partial charge on any atom is 0.293 e. The van der Waals surface area contributed by atoms with Crippen LogP contribution in [0.15, 0.2) is 16.6 Å². The molecule has 5 nitrogen and oxygen atoms in total. The summed E-state index contributed by atoms with van der Waals surface area (Å²) in [6.07, 6.45) is 0. The van der Waals surface area contributed by atoms with Gasteiger partial charge in [0.15, 0.2) is 0 Å². The molecule has 17 heavy (non-hydrogen) atoms. The number of rotatable bonds is 2. The maximum atomic E-state index is 13.5. The Kier molecular flexibility index (Phi) is 3.58. The number of nitro benzene ring substituents is 1. The van der Waals surface area contributed by atoms with Crippen molar-refractivity contribution in [2.24, 2.45) is 0 Å². The van der Waals surface area contributed by atoms with Crippen LogP contribution in [0.3, 0.4) is 0 Å². The van der Waals surface area contributed by atoms with E-state index in [1.54, 1.807) is 4.90 Å². The molecule has 1 fully saturated rings. The fourth-order valence-corrected chi connectivity index (χ4v) is 2.06. The van der Waals surface area contributed by atoms with Gasteiger partial charge in [-0.15, -0.1) is 0 Å². The Morgan fingerprint density at radius 3 is 2.65 bits per heavy atom. The van der Waals surface area contributed by atoms with Crippen molar-refractivity contribution in [3.8, 4) is 0 Å². The maximum absolute atomic E-state index is 13.5. The van der Waals surface area contributed by atoms with E-state index in [1.165, 1.54) is 12.1 Å². The number of morpholine rings is 1. The van der Waals surface area contributed by atoms with Gasteiger partial charge in [-0.3, -0.25) is 10.1 Å². The van der Waals surface area contributed by atoms with Gasteiger partial charge < -0.3 is 9.64 Å². The molecule has 1 aromatic rings. The Balaban J connectivity index is 2.42. The first-order valence-corrected chi connectivity index (χ1v) is 5.85. The SMILES string of the molecule is O=[N+]([O-])c1cc(Br)c(F)cc1N1CCOCC1. The van der Waals surface area contributed by atoms with Gasteiger partial charge in [-0.25, -0.2) is 4.39 Å². The van der Waals surface area contributed by atoms with Gasteiger partial charge in [0.25, 0.3) is 5.69 Å². The van der Waals surface area contributed by atoms with Crippen LogP contribution in [0, 0.1) is 15.9 Å². The summed E-state index contributed by atoms with van der Waals surface area (Å²) in [5.41, 5.74) is 0.208. The molecule has 1 aromatic carbocycles. The molecule has 92 valence electrons. The van der Waals surface area contributed by atoms with E-state index in [0.29, 0.717) is 32.0 Å². The zero-order chi connectivity index (χ0) is 12.4. The minimum Gasteiger partial charge on any atom is -0.378 e. The van der Waals surface area contributed by atoms with E-state index in [1.807, 2.05) is 0 Å². The number of nitrogens with zero attached hydrogens (tertiary/aromatic N) is 2. The predicted molar refractivity (Wildman–Crippen MR) is 63.8 cm³/mol. The second-order valence-corrected chi connectivity index (χ2v) is 4.47. The van der Waals surface area contributed by atoms with Crippen molar-refractivity contribution in [1.29, 1.82) is 0 Å². The lowest BCUT2D eigenvalue weighted by atomic mass is 10.2. The highest BCUT2D eigenvalue weighted by Crippen LogP contribution is 2.33. The number of halogens is 2. The summed E-state index contributed by atoms with van der Waals surface area (Å²) in [7, 11) is 0. The molecule has 0 atom stereocenters. The van der Waals surface area contributed by atoms with Crippen molar-refractivity contribution in [3.63, 3.8) is 0 Å². The van der Waals surface area contributed by atoms with Crippen LogP contribution < -0.4 is 4.90 Å². The lowest BCUT2D eigenvalue weighted by Crippen LogP contribution is -2.36. The highest BCUT2D eigenvalue weighted by molar-refractivity contribution is 9.10. The highest BCUT2D eigenvalue weighted by atomic mass is 79.9. The van der Waals surface area contributed by atoms with Crippen LogP contribution in [-0.4, -0.2) is 31.2 Å². The standard InChI is InChI=1S/C10H10BrFN2O3/c11-7-5-10(14(15)16)9(6-8(7)12)13-1-3-17-4-2-13/h5-6H,1-4H2. The first-order chi connectivity index (χ1) is 8.09. The highest BCUT2D eigenvalue weighted by Gasteiger charge is 2.23. The summed E-state index contributed by atoms with van der Waals surface area (Å²) >= 11 is 2.95. The quantitative estimate of drug-likeness (QED) is 0.621. The number of ether oxygens (including phenoxy) is 1. The second-order valence-electron chi connectivity index (χ2n) is 3.61. The molecule has 0 aromatic heterocycles. The Morgan fingerprint density at radius 1 is 1.41 bits per heavy atom. The van der Waals surface area contributed by atoms with Gasteiger partial charge in [0.1, 0.15) is 11.5 Å². The van der Waals surface area contributed by atoms with Gasteiger partial charge in [-0.05, 0) is 15.9 Å². The Labute approximate surface area is 105 Å². The molecule has 0 amide bonds. The van der Waals surface area contributed by atoms with Crippen LogP contribution >= 0.6 is 15.9 Å². The van der Waals surface area contributed by atoms with Crippen molar-refractivity contribution in [1.82, 2.24) is 0 Å². The third-order valence-corrected chi connectivity index (χ3v) is 3.17. The van der Waals surface area contributed by atoms with Gasteiger partial charge >= 0.3 is 0 Å². The number of hydrogen-bond acceptors (Lipinski definition) is 4. The van der Waals surface area contributed by atoms with Crippen molar-refractivity contribution < 1.29 is 14.1 Å². The molecule has 7 heteroatoms. The summed E-state index contributed by atoms with van der Waals surface area (Å²) in [6.45, 7) is 2.05. The van der Waals surface area contributed by atoms with Gasteiger partial charge in [-0.1, -0.05) is 0 Å². The normalized spacial score (nSPS) is 16.0. The zero-order valence-corrected chi connectivity index (χ0v) is 10.4. The van der Waals surface area contributed by atoms with Crippen molar-refractivity contribution in [2.45, 2.75) is 0 Å². The monoisotopic (exact) mass is 304 g/mol. The zero-order valence-electron chi connectivity index (χ0n) is 8.86. The molecule has 0 aliphatic carbocycles. The van der Waals surface area contributed by atoms with Gasteiger partial charge in [0.2, 0.25) is 0 Å². The van der Waals surface area contributed by atoms with Crippen LogP contribution in [0.1, 0.15) is 0 Å². The lowest BCUT2D eigenvalue weighted by molar-refractivity contribution is -0.384. The number of anilines is 1. The molecule has 0 bridgehead atoms. The molecule has 0 saturated carbocycles. The lowest BCUT2D eigenvalue weighted by Gasteiger charge is -2.28. The van der Waals surface area contributed by atoms with E-state index in [9.17, 15) is 14.5 Å². The molecule has 0 unspecified atom stereocenters. The average molecular weight is 305 g/mol. The minimum absolute atomic E-state index is 0.0971. The topological polar surface area (TPSA) is 55.6 Å². The van der Waals surface area contributed by atoms with Crippen LogP contribution in [0.25, 0.3) is 0 Å². The second kappa shape index (κ2) is 4.97. The summed E-state index contributed by atoms with van der Waals surface area (Å²) < 4.78 is 18.7. The third kappa shape index (κ3) is 2.55. The summed E-state index contributed by atoms with van der Waals surface area (Å²) in [6, 6.07) is 2.38. The first-order valence-electron chi connectivity index (χ1n) is 5.05. The smallest absolute Gasteiger partial charge is 0.293 e. The van der Waals surface area contributed by atoms with Gasteiger partial charge in [-0.2, -0.15) is 0 Å². The third-order valence-electron chi connectivity index (χ3n) is 2.57. The van der Waals surface area contributed by atoms with E-state index in [4.69, 9.17) is 4.74 Å². The molecule has 1 saturated heterocycles. The fraction of sp³-hybridized carbons (Fsp3) is 0.400. The first kappa shape index (κ1) is 12.3. The fourth-order valence-electron chi connectivity index (χ4n) is 1.73. The van der Waals surface area contributed by atoms with Crippen LogP contribution in [0.4, 0.5) is 15.8 Å². The van der Waals surface area contributed by atoms with Gasteiger partial charge in [0.05, 0.1) is 22.6 Å². The van der Waals surface area contributed by atoms with Crippen LogP contribution in [-0.2, 0) is 4.74 Å². The van der Waals surface area contributed by atoms with Crippen molar-refractivity contribution >= 4 is 27.3 Å². The summed E-state index contributed by atoms with van der Waals surface area (Å²) in [5, 5.41) is 10.9. The number of benzene rings is 1. The average Bonchev–Trinajstić information content (AvgIpc) is 2.33. The van der Waals surface area contributed by atoms with E-state index < -0.39 is 10.7 Å². The van der Waals surface area contributed by atoms with E-state index in [2.05, 4.69) is 15.9 Å². The van der Waals surface area contributed by atoms with Crippen molar-refractivity contribution in [2.75, 3.05) is 31.2 Å². The minimum atomic E-state index is -0.505. The molecule has 1 aliphatic heterocycles. The largest absolute Gasteiger partial charge is 0.378 e. The van der Waals surface area contributed by atoms with E-state index in [0.717, 1.165) is 0 Å². The van der Waals surface area contributed by atoms with Crippen molar-refractivity contribution in [3.05, 3.63) is 32.5 Å². The molecular formula is C10H10BrFN2O3. The van der Waals surface area contributed by atoms with E-state index >= 15 is 0 Å². The molecule has 0 radical (unpaired) electrons. The van der Waals surface area contributed by atoms with Crippen LogP contribution in [0.5, 0.6) is 0 Å². The Bertz CT molecular complexity index is 449. The number of nitro groups is 1. The molecule has 1 heterocycles. The summed E-state index contributed by atoms with van der Waals surface area (Å²) in [4.78, 5) is 12.2. The van der Waals surface area contributed by atoms with Gasteiger partial charge in [0, 0.05) is 25.2 Å². The molecule has 2 rings (SSSR count). The number of hydrogen-bond donors (Lipinski definition) is 0. The Morgan fingerprint density at radius 2 is 2.06 bits per heavy atom. The molecule has 0 spiro atoms. The molecule has 0 N–H and O–H groups in total. The molecular weight excluding hydrogens is 295 g/mol. The Hall–Kier alpha value is -1.21. The predicted octanol–water partition coefficient (Wildman–Crippen LogP) is 2.33. The molecule has 1 aliphatic rings. The van der Waals surface area contributed by atoms with E-state index in [-0.39, 0.29) is 10.2 Å².